The molecule has 0 spiro atoms. The first-order chi connectivity index (χ1) is 15.3. The molecule has 1 aliphatic rings. The molecular weight excluding hydrogens is 432 g/mol. The predicted molar refractivity (Wildman–Crippen MR) is 120 cm³/mol. The van der Waals surface area contributed by atoms with Gasteiger partial charge in [0.1, 0.15) is 5.69 Å². The highest BCUT2D eigenvalue weighted by atomic mass is 35.5. The highest BCUT2D eigenvalue weighted by Crippen LogP contribution is 2.27. The minimum Gasteiger partial charge on any atom is -0.335 e. The van der Waals surface area contributed by atoms with Gasteiger partial charge in [-0.25, -0.2) is 0 Å². The van der Waals surface area contributed by atoms with Gasteiger partial charge in [-0.3, -0.25) is 14.4 Å². The molecule has 4 rings (SSSR count). The Bertz CT molecular complexity index is 1210. The molecule has 2 aromatic heterocycles. The van der Waals surface area contributed by atoms with Crippen LogP contribution in [0.15, 0.2) is 47.7 Å². The molecule has 32 heavy (non-hydrogen) atoms. The van der Waals surface area contributed by atoms with Crippen molar-refractivity contribution in [2.24, 2.45) is 5.92 Å². The first kappa shape index (κ1) is 21.8. The van der Waals surface area contributed by atoms with Crippen molar-refractivity contribution in [3.8, 4) is 5.69 Å². The SMILES string of the molecule is Cc1ccc(-n2nccn2)c(C(=O)N2CC(C(=O)Nc3cc(Cl)c[nH]c3=O)CCC2C)c1. The first-order valence-corrected chi connectivity index (χ1v) is 10.7. The molecule has 1 saturated heterocycles. The van der Waals surface area contributed by atoms with Crippen molar-refractivity contribution < 1.29 is 9.59 Å². The summed E-state index contributed by atoms with van der Waals surface area (Å²) < 4.78 is 0. The van der Waals surface area contributed by atoms with Gasteiger partial charge in [0.05, 0.1) is 34.6 Å². The Balaban J connectivity index is 1.57. The minimum atomic E-state index is -0.454. The van der Waals surface area contributed by atoms with Crippen molar-refractivity contribution >= 4 is 29.1 Å². The zero-order chi connectivity index (χ0) is 22.8. The van der Waals surface area contributed by atoms with E-state index in [1.54, 1.807) is 17.3 Å². The maximum absolute atomic E-state index is 13.6. The van der Waals surface area contributed by atoms with E-state index < -0.39 is 11.5 Å². The van der Waals surface area contributed by atoms with E-state index in [2.05, 4.69) is 20.5 Å². The second-order valence-corrected chi connectivity index (χ2v) is 8.41. The van der Waals surface area contributed by atoms with Crippen LogP contribution in [0.1, 0.15) is 35.7 Å². The van der Waals surface area contributed by atoms with Crippen LogP contribution in [0.3, 0.4) is 0 Å². The third kappa shape index (κ3) is 4.43. The third-order valence-electron chi connectivity index (χ3n) is 5.66. The van der Waals surface area contributed by atoms with Crippen LogP contribution in [0.25, 0.3) is 5.69 Å². The number of pyridine rings is 1. The fourth-order valence-electron chi connectivity index (χ4n) is 3.88. The smallest absolute Gasteiger partial charge is 0.271 e. The molecule has 3 aromatic rings. The van der Waals surface area contributed by atoms with Gasteiger partial charge in [0.25, 0.3) is 11.5 Å². The fraction of sp³-hybridized carbons (Fsp3) is 0.318. The first-order valence-electron chi connectivity index (χ1n) is 10.3. The van der Waals surface area contributed by atoms with Gasteiger partial charge in [0.2, 0.25) is 5.91 Å². The number of benzene rings is 1. The standard InChI is InChI=1S/C22H23ClN6O3/c1-13-3-6-19(29-25-7-8-26-29)17(9-13)22(32)28-12-15(5-4-14(28)2)20(30)27-18-10-16(23)11-24-21(18)31/h3,6-11,14-15H,4-5,12H2,1-2H3,(H,24,31)(H,27,30). The molecule has 166 valence electrons. The van der Waals surface area contributed by atoms with Crippen LogP contribution < -0.4 is 10.9 Å². The number of aryl methyl sites for hydroxylation is 1. The van der Waals surface area contributed by atoms with Crippen LogP contribution in [0.2, 0.25) is 5.02 Å². The van der Waals surface area contributed by atoms with Crippen LogP contribution >= 0.6 is 11.6 Å². The number of aromatic nitrogens is 4. The van der Waals surface area contributed by atoms with E-state index in [1.807, 2.05) is 32.0 Å². The molecule has 10 heteroatoms. The molecule has 9 nitrogen and oxygen atoms in total. The average Bonchev–Trinajstić information content (AvgIpc) is 3.30. The van der Waals surface area contributed by atoms with Crippen molar-refractivity contribution in [2.75, 3.05) is 11.9 Å². The maximum atomic E-state index is 13.6. The van der Waals surface area contributed by atoms with Crippen LogP contribution in [-0.4, -0.2) is 49.3 Å². The average molecular weight is 455 g/mol. The Hall–Kier alpha value is -3.46. The molecule has 2 N–H and O–H groups in total. The summed E-state index contributed by atoms with van der Waals surface area (Å²) in [7, 11) is 0. The number of hydrogen-bond donors (Lipinski definition) is 2. The summed E-state index contributed by atoms with van der Waals surface area (Å²) in [6, 6.07) is 6.88. The van der Waals surface area contributed by atoms with Gasteiger partial charge in [-0.05, 0) is 44.9 Å². The highest BCUT2D eigenvalue weighted by molar-refractivity contribution is 6.30. The largest absolute Gasteiger partial charge is 0.335 e. The van der Waals surface area contributed by atoms with Crippen LogP contribution in [-0.2, 0) is 4.79 Å². The summed E-state index contributed by atoms with van der Waals surface area (Å²) in [5.74, 6) is -0.961. The van der Waals surface area contributed by atoms with E-state index in [9.17, 15) is 14.4 Å². The van der Waals surface area contributed by atoms with Crippen molar-refractivity contribution in [3.63, 3.8) is 0 Å². The Morgan fingerprint density at radius 1 is 1.19 bits per heavy atom. The second kappa shape index (κ2) is 8.96. The zero-order valence-corrected chi connectivity index (χ0v) is 18.5. The summed E-state index contributed by atoms with van der Waals surface area (Å²) in [4.78, 5) is 44.0. The van der Waals surface area contributed by atoms with E-state index >= 15 is 0 Å². The number of amides is 2. The van der Waals surface area contributed by atoms with Gasteiger partial charge >= 0.3 is 0 Å². The molecule has 1 aliphatic heterocycles. The quantitative estimate of drug-likeness (QED) is 0.629. The molecule has 0 saturated carbocycles. The number of likely N-dealkylation sites (tertiary alicyclic amines) is 1. The lowest BCUT2D eigenvalue weighted by Crippen LogP contribution is -2.48. The molecule has 2 atom stereocenters. The molecule has 2 amide bonds. The normalized spacial score (nSPS) is 18.4. The number of halogens is 1. The number of carbonyl (C=O) groups is 2. The third-order valence-corrected chi connectivity index (χ3v) is 5.87. The number of aromatic amines is 1. The number of hydrogen-bond acceptors (Lipinski definition) is 5. The van der Waals surface area contributed by atoms with Crippen LogP contribution in [0.4, 0.5) is 5.69 Å². The van der Waals surface area contributed by atoms with Gasteiger partial charge in [-0.2, -0.15) is 15.0 Å². The van der Waals surface area contributed by atoms with E-state index in [-0.39, 0.29) is 30.1 Å². The van der Waals surface area contributed by atoms with Gasteiger partial charge < -0.3 is 15.2 Å². The molecule has 1 aromatic carbocycles. The summed E-state index contributed by atoms with van der Waals surface area (Å²) >= 11 is 5.92. The van der Waals surface area contributed by atoms with Crippen molar-refractivity contribution in [1.29, 1.82) is 0 Å². The Labute approximate surface area is 189 Å². The minimum absolute atomic E-state index is 0.0416. The van der Waals surface area contributed by atoms with Crippen molar-refractivity contribution in [3.05, 3.63) is 69.4 Å². The Morgan fingerprint density at radius 2 is 1.94 bits per heavy atom. The molecule has 1 fully saturated rings. The van der Waals surface area contributed by atoms with Gasteiger partial charge in [0, 0.05) is 18.8 Å². The van der Waals surface area contributed by atoms with E-state index in [0.717, 1.165) is 5.56 Å². The molecular formula is C22H23ClN6O3. The number of piperidine rings is 1. The number of rotatable bonds is 4. The monoisotopic (exact) mass is 454 g/mol. The summed E-state index contributed by atoms with van der Waals surface area (Å²) in [6.07, 6.45) is 5.73. The van der Waals surface area contributed by atoms with E-state index in [1.165, 1.54) is 17.1 Å². The lowest BCUT2D eigenvalue weighted by molar-refractivity contribution is -0.121. The topological polar surface area (TPSA) is 113 Å². The lowest BCUT2D eigenvalue weighted by atomic mass is 9.91. The van der Waals surface area contributed by atoms with Gasteiger partial charge in [-0.15, -0.1) is 0 Å². The molecule has 0 aliphatic carbocycles. The molecule has 3 heterocycles. The molecule has 2 unspecified atom stereocenters. The van der Waals surface area contributed by atoms with Crippen LogP contribution in [0, 0.1) is 12.8 Å². The molecule has 0 radical (unpaired) electrons. The molecule has 0 bridgehead atoms. The van der Waals surface area contributed by atoms with Crippen molar-refractivity contribution in [2.45, 2.75) is 32.7 Å². The second-order valence-electron chi connectivity index (χ2n) is 7.97. The zero-order valence-electron chi connectivity index (χ0n) is 17.7. The predicted octanol–water partition coefficient (Wildman–Crippen LogP) is 2.80. The van der Waals surface area contributed by atoms with Gasteiger partial charge in [0.15, 0.2) is 0 Å². The maximum Gasteiger partial charge on any atom is 0.271 e. The summed E-state index contributed by atoms with van der Waals surface area (Å²) in [5, 5.41) is 11.3. The summed E-state index contributed by atoms with van der Waals surface area (Å²) in [5.41, 5.74) is 1.64. The number of nitrogens with one attached hydrogen (secondary N) is 2. The summed E-state index contributed by atoms with van der Waals surface area (Å²) in [6.45, 7) is 4.12. The number of H-pyrrole nitrogens is 1. The number of anilines is 1. The Morgan fingerprint density at radius 3 is 2.69 bits per heavy atom. The van der Waals surface area contributed by atoms with Crippen LogP contribution in [0.5, 0.6) is 0 Å². The number of nitrogens with zero attached hydrogens (tertiary/aromatic N) is 4. The highest BCUT2D eigenvalue weighted by Gasteiger charge is 2.34. The van der Waals surface area contributed by atoms with Crippen molar-refractivity contribution in [1.82, 2.24) is 24.9 Å². The lowest BCUT2D eigenvalue weighted by Gasteiger charge is -2.37. The van der Waals surface area contributed by atoms with E-state index in [0.29, 0.717) is 29.1 Å². The number of carbonyl (C=O) groups excluding carboxylic acids is 2. The van der Waals surface area contributed by atoms with E-state index in [4.69, 9.17) is 11.6 Å². The van der Waals surface area contributed by atoms with Gasteiger partial charge in [-0.1, -0.05) is 23.2 Å². The Kier molecular flexibility index (Phi) is 6.09. The fourth-order valence-corrected chi connectivity index (χ4v) is 4.04.